The standard InChI is InChI=1S/C11H9N3O3/c1-8-6-12-13(7-8)11(15)9-3-2-4-10(5-9)14(16)17/h2-7H,1H3. The van der Waals surface area contributed by atoms with Gasteiger partial charge in [0.2, 0.25) is 0 Å². The van der Waals surface area contributed by atoms with Gasteiger partial charge in [-0.2, -0.15) is 5.10 Å². The molecule has 0 N–H and O–H groups in total. The molecule has 1 aromatic carbocycles. The smallest absolute Gasteiger partial charge is 0.267 e. The number of benzene rings is 1. The first-order chi connectivity index (χ1) is 8.08. The molecule has 0 aliphatic rings. The van der Waals surface area contributed by atoms with E-state index in [9.17, 15) is 14.9 Å². The van der Waals surface area contributed by atoms with Crippen molar-refractivity contribution in [2.24, 2.45) is 0 Å². The molecule has 2 rings (SSSR count). The van der Waals surface area contributed by atoms with Crippen LogP contribution in [0.5, 0.6) is 0 Å². The quantitative estimate of drug-likeness (QED) is 0.583. The van der Waals surface area contributed by atoms with Crippen molar-refractivity contribution in [3.63, 3.8) is 0 Å². The Hall–Kier alpha value is -2.50. The van der Waals surface area contributed by atoms with Crippen molar-refractivity contribution in [2.75, 3.05) is 0 Å². The van der Waals surface area contributed by atoms with E-state index in [1.54, 1.807) is 12.4 Å². The molecule has 1 heterocycles. The van der Waals surface area contributed by atoms with E-state index in [1.165, 1.54) is 24.3 Å². The zero-order valence-corrected chi connectivity index (χ0v) is 9.03. The summed E-state index contributed by atoms with van der Waals surface area (Å²) in [6.07, 6.45) is 3.12. The van der Waals surface area contributed by atoms with Gasteiger partial charge in [0.15, 0.2) is 0 Å². The molecule has 0 fully saturated rings. The molecule has 0 spiro atoms. The summed E-state index contributed by atoms with van der Waals surface area (Å²) in [4.78, 5) is 22.0. The molecule has 86 valence electrons. The predicted molar refractivity (Wildman–Crippen MR) is 59.8 cm³/mol. The Morgan fingerprint density at radius 2 is 2.24 bits per heavy atom. The highest BCUT2D eigenvalue weighted by atomic mass is 16.6. The number of carbonyl (C=O) groups excluding carboxylic acids is 1. The summed E-state index contributed by atoms with van der Waals surface area (Å²) >= 11 is 0. The number of non-ortho nitro benzene ring substituents is 1. The Morgan fingerprint density at radius 1 is 1.47 bits per heavy atom. The number of hydrogen-bond acceptors (Lipinski definition) is 4. The zero-order chi connectivity index (χ0) is 12.4. The second-order valence-electron chi connectivity index (χ2n) is 3.57. The Labute approximate surface area is 96.6 Å². The molecule has 0 saturated carbocycles. The summed E-state index contributed by atoms with van der Waals surface area (Å²) in [7, 11) is 0. The topological polar surface area (TPSA) is 78.0 Å². The van der Waals surface area contributed by atoms with Gasteiger partial charge in [-0.3, -0.25) is 14.9 Å². The highest BCUT2D eigenvalue weighted by Crippen LogP contribution is 2.14. The normalized spacial score (nSPS) is 10.2. The van der Waals surface area contributed by atoms with Crippen LogP contribution in [0.1, 0.15) is 15.9 Å². The molecule has 6 nitrogen and oxygen atoms in total. The van der Waals surface area contributed by atoms with Crippen molar-refractivity contribution in [2.45, 2.75) is 6.92 Å². The van der Waals surface area contributed by atoms with Crippen molar-refractivity contribution in [3.8, 4) is 0 Å². The van der Waals surface area contributed by atoms with Crippen LogP contribution >= 0.6 is 0 Å². The summed E-state index contributed by atoms with van der Waals surface area (Å²) in [5.41, 5.74) is 0.978. The van der Waals surface area contributed by atoms with Crippen LogP contribution in [0, 0.1) is 17.0 Å². The lowest BCUT2D eigenvalue weighted by Gasteiger charge is -2.00. The lowest BCUT2D eigenvalue weighted by atomic mass is 10.2. The van der Waals surface area contributed by atoms with Gasteiger partial charge in [-0.1, -0.05) is 6.07 Å². The lowest BCUT2D eigenvalue weighted by Crippen LogP contribution is -2.12. The van der Waals surface area contributed by atoms with E-state index in [-0.39, 0.29) is 17.2 Å². The Morgan fingerprint density at radius 3 is 2.82 bits per heavy atom. The van der Waals surface area contributed by atoms with Gasteiger partial charge in [-0.15, -0.1) is 0 Å². The first-order valence-electron chi connectivity index (χ1n) is 4.88. The largest absolute Gasteiger partial charge is 0.278 e. The minimum absolute atomic E-state index is 0.111. The van der Waals surface area contributed by atoms with Crippen LogP contribution in [-0.2, 0) is 0 Å². The van der Waals surface area contributed by atoms with Gasteiger partial charge >= 0.3 is 0 Å². The molecule has 17 heavy (non-hydrogen) atoms. The SMILES string of the molecule is Cc1cnn(C(=O)c2cccc([N+](=O)[O-])c2)c1. The zero-order valence-electron chi connectivity index (χ0n) is 9.03. The van der Waals surface area contributed by atoms with Crippen molar-refractivity contribution < 1.29 is 9.72 Å². The van der Waals surface area contributed by atoms with E-state index in [4.69, 9.17) is 0 Å². The average molecular weight is 231 g/mol. The third-order valence-corrected chi connectivity index (χ3v) is 2.22. The number of rotatable bonds is 2. The molecule has 0 bridgehead atoms. The van der Waals surface area contributed by atoms with E-state index < -0.39 is 4.92 Å². The van der Waals surface area contributed by atoms with Gasteiger partial charge in [0.05, 0.1) is 11.1 Å². The summed E-state index contributed by atoms with van der Waals surface area (Å²) in [5.74, 6) is -0.387. The van der Waals surface area contributed by atoms with Crippen LogP contribution < -0.4 is 0 Å². The number of carbonyl (C=O) groups is 1. The Kier molecular flexibility index (Phi) is 2.70. The maximum atomic E-state index is 11.9. The minimum atomic E-state index is -0.537. The lowest BCUT2D eigenvalue weighted by molar-refractivity contribution is -0.384. The molecular weight excluding hydrogens is 222 g/mol. The molecule has 0 aliphatic heterocycles. The molecule has 0 amide bonds. The van der Waals surface area contributed by atoms with Gasteiger partial charge in [0.25, 0.3) is 11.6 Å². The van der Waals surface area contributed by atoms with E-state index in [1.807, 2.05) is 6.92 Å². The fraction of sp³-hybridized carbons (Fsp3) is 0.0909. The van der Waals surface area contributed by atoms with Crippen LogP contribution in [0.25, 0.3) is 0 Å². The van der Waals surface area contributed by atoms with Crippen LogP contribution in [0.3, 0.4) is 0 Å². The molecular formula is C11H9N3O3. The van der Waals surface area contributed by atoms with Gasteiger partial charge in [-0.25, -0.2) is 4.68 Å². The van der Waals surface area contributed by atoms with Crippen LogP contribution in [0.4, 0.5) is 5.69 Å². The number of nitrogens with zero attached hydrogens (tertiary/aromatic N) is 3. The monoisotopic (exact) mass is 231 g/mol. The molecule has 0 saturated heterocycles. The fourth-order valence-corrected chi connectivity index (χ4v) is 1.41. The summed E-state index contributed by atoms with van der Waals surface area (Å²) < 4.78 is 1.16. The number of aryl methyl sites for hydroxylation is 1. The van der Waals surface area contributed by atoms with Gasteiger partial charge in [-0.05, 0) is 18.6 Å². The average Bonchev–Trinajstić information content (AvgIpc) is 2.75. The molecule has 0 unspecified atom stereocenters. The van der Waals surface area contributed by atoms with Crippen molar-refractivity contribution in [1.29, 1.82) is 0 Å². The summed E-state index contributed by atoms with van der Waals surface area (Å²) in [6, 6.07) is 5.57. The highest BCUT2D eigenvalue weighted by Gasteiger charge is 2.13. The van der Waals surface area contributed by atoms with E-state index in [0.717, 1.165) is 10.2 Å². The van der Waals surface area contributed by atoms with Crippen LogP contribution in [0.15, 0.2) is 36.7 Å². The van der Waals surface area contributed by atoms with Gasteiger partial charge < -0.3 is 0 Å². The maximum absolute atomic E-state index is 11.9. The highest BCUT2D eigenvalue weighted by molar-refractivity contribution is 5.95. The minimum Gasteiger partial charge on any atom is -0.267 e. The molecule has 2 aromatic rings. The van der Waals surface area contributed by atoms with Crippen LogP contribution in [0.2, 0.25) is 0 Å². The number of nitro benzene ring substituents is 1. The molecule has 6 heteroatoms. The van der Waals surface area contributed by atoms with E-state index >= 15 is 0 Å². The predicted octanol–water partition coefficient (Wildman–Crippen LogP) is 1.79. The van der Waals surface area contributed by atoms with Crippen LogP contribution in [-0.4, -0.2) is 20.6 Å². The number of hydrogen-bond donors (Lipinski definition) is 0. The summed E-state index contributed by atoms with van der Waals surface area (Å²) in [5, 5.41) is 14.5. The van der Waals surface area contributed by atoms with Crippen molar-refractivity contribution >= 4 is 11.6 Å². The van der Waals surface area contributed by atoms with Gasteiger partial charge in [0.1, 0.15) is 0 Å². The second-order valence-corrected chi connectivity index (χ2v) is 3.57. The first-order valence-corrected chi connectivity index (χ1v) is 4.88. The molecule has 0 atom stereocenters. The summed E-state index contributed by atoms with van der Waals surface area (Å²) in [6.45, 7) is 1.81. The first kappa shape index (κ1) is 11.0. The van der Waals surface area contributed by atoms with Gasteiger partial charge in [0, 0.05) is 23.9 Å². The fourth-order valence-electron chi connectivity index (χ4n) is 1.41. The molecule has 0 aliphatic carbocycles. The molecule has 0 radical (unpaired) electrons. The number of nitro groups is 1. The second kappa shape index (κ2) is 4.17. The number of aromatic nitrogens is 2. The van der Waals surface area contributed by atoms with E-state index in [0.29, 0.717) is 0 Å². The third kappa shape index (κ3) is 2.20. The van der Waals surface area contributed by atoms with Crippen molar-refractivity contribution in [1.82, 2.24) is 9.78 Å². The molecule has 1 aromatic heterocycles. The third-order valence-electron chi connectivity index (χ3n) is 2.22. The Balaban J connectivity index is 2.37. The van der Waals surface area contributed by atoms with E-state index in [2.05, 4.69) is 5.10 Å². The maximum Gasteiger partial charge on any atom is 0.278 e. The Bertz CT molecular complexity index is 589. The van der Waals surface area contributed by atoms with Crippen molar-refractivity contribution in [3.05, 3.63) is 57.9 Å².